The van der Waals surface area contributed by atoms with Crippen LogP contribution in [0.3, 0.4) is 0 Å². The number of hydrogen-bond acceptors (Lipinski definition) is 9. The number of non-ortho nitro benzene ring substituents is 1. The highest BCUT2D eigenvalue weighted by Gasteiger charge is 2.25. The summed E-state index contributed by atoms with van der Waals surface area (Å²) in [7, 11) is 2.92. The van der Waals surface area contributed by atoms with Crippen LogP contribution < -0.4 is 14.2 Å². The molecule has 0 saturated heterocycles. The first-order valence-corrected chi connectivity index (χ1v) is 10.2. The molecule has 4 rings (SSSR count). The molecule has 0 fully saturated rings. The largest absolute Gasteiger partial charge is 0.497 e. The van der Waals surface area contributed by atoms with Gasteiger partial charge in [-0.1, -0.05) is 18.2 Å². The molecule has 0 spiro atoms. The van der Waals surface area contributed by atoms with Crippen LogP contribution in [0.2, 0.25) is 0 Å². The third kappa shape index (κ3) is 5.17. The highest BCUT2D eigenvalue weighted by atomic mass is 16.6. The number of carbonyl (C=O) groups excluding carboxylic acids is 2. The predicted molar refractivity (Wildman–Crippen MR) is 125 cm³/mol. The predicted octanol–water partition coefficient (Wildman–Crippen LogP) is 4.18. The Morgan fingerprint density at radius 3 is 2.54 bits per heavy atom. The molecule has 3 aromatic carbocycles. The third-order valence-corrected chi connectivity index (χ3v) is 4.92. The van der Waals surface area contributed by atoms with Crippen molar-refractivity contribution in [2.45, 2.75) is 0 Å². The fourth-order valence-electron chi connectivity index (χ4n) is 3.21. The van der Waals surface area contributed by atoms with E-state index in [0.717, 1.165) is 6.07 Å². The molecule has 1 heterocycles. The van der Waals surface area contributed by atoms with E-state index in [1.165, 1.54) is 44.6 Å². The number of hydrogen-bond donors (Lipinski definition) is 0. The number of nitro benzene ring substituents is 1. The van der Waals surface area contributed by atoms with Gasteiger partial charge in [-0.15, -0.1) is 0 Å². The number of benzene rings is 3. The zero-order chi connectivity index (χ0) is 24.9. The summed E-state index contributed by atoms with van der Waals surface area (Å²) in [5.74, 6) is -0.358. The summed E-state index contributed by atoms with van der Waals surface area (Å²) in [6, 6.07) is 16.8. The first-order chi connectivity index (χ1) is 16.9. The van der Waals surface area contributed by atoms with Gasteiger partial charge in [-0.25, -0.2) is 14.6 Å². The minimum atomic E-state index is -0.787. The smallest absolute Gasteiger partial charge is 0.363 e. The molecule has 176 valence electrons. The van der Waals surface area contributed by atoms with Gasteiger partial charge in [-0.2, -0.15) is 0 Å². The molecule has 0 amide bonds. The average Bonchev–Trinajstić information content (AvgIpc) is 3.24. The molecule has 0 unspecified atom stereocenters. The lowest BCUT2D eigenvalue weighted by Gasteiger charge is -2.10. The van der Waals surface area contributed by atoms with Crippen LogP contribution in [0.1, 0.15) is 21.5 Å². The Kier molecular flexibility index (Phi) is 6.54. The quantitative estimate of drug-likeness (QED) is 0.164. The molecule has 35 heavy (non-hydrogen) atoms. The van der Waals surface area contributed by atoms with Crippen LogP contribution in [0.25, 0.3) is 6.08 Å². The summed E-state index contributed by atoms with van der Waals surface area (Å²) in [6.45, 7) is 0. The van der Waals surface area contributed by atoms with Crippen molar-refractivity contribution in [1.29, 1.82) is 0 Å². The van der Waals surface area contributed by atoms with Gasteiger partial charge in [0.2, 0.25) is 5.90 Å². The topological polar surface area (TPSA) is 127 Å². The molecule has 0 aliphatic carbocycles. The fraction of sp³-hybridized carbons (Fsp3) is 0.0800. The van der Waals surface area contributed by atoms with E-state index in [4.69, 9.17) is 18.9 Å². The Labute approximate surface area is 199 Å². The molecule has 0 saturated carbocycles. The molecule has 0 N–H and O–H groups in total. The van der Waals surface area contributed by atoms with Crippen molar-refractivity contribution < 1.29 is 33.5 Å². The van der Waals surface area contributed by atoms with Gasteiger partial charge in [-0.3, -0.25) is 10.1 Å². The maximum Gasteiger partial charge on any atom is 0.363 e. The summed E-state index contributed by atoms with van der Waals surface area (Å²) in [5, 5.41) is 10.9. The third-order valence-electron chi connectivity index (χ3n) is 4.92. The summed E-state index contributed by atoms with van der Waals surface area (Å²) in [6.07, 6.45) is 1.50. The number of nitro groups is 1. The number of esters is 2. The lowest BCUT2D eigenvalue weighted by atomic mass is 10.1. The van der Waals surface area contributed by atoms with E-state index in [1.807, 2.05) is 0 Å². The van der Waals surface area contributed by atoms with E-state index in [-0.39, 0.29) is 34.3 Å². The standard InChI is InChI=1S/C25H18N2O8/c1-32-19-8-4-5-16(14-19)23-26-20(25(29)35-23)11-15-9-10-21(22(12-15)33-2)34-24(28)17-6-3-7-18(13-17)27(30)31/h3-14H,1-2H3/b20-11+. The van der Waals surface area contributed by atoms with Crippen LogP contribution in [0, 0.1) is 10.1 Å². The second kappa shape index (κ2) is 9.87. The van der Waals surface area contributed by atoms with Crippen LogP contribution in [-0.2, 0) is 9.53 Å². The van der Waals surface area contributed by atoms with Crippen molar-refractivity contribution in [3.05, 3.63) is 99.2 Å². The fourth-order valence-corrected chi connectivity index (χ4v) is 3.21. The van der Waals surface area contributed by atoms with Gasteiger partial charge in [0.05, 0.1) is 24.7 Å². The maximum atomic E-state index is 12.5. The van der Waals surface area contributed by atoms with E-state index < -0.39 is 16.9 Å². The van der Waals surface area contributed by atoms with Crippen molar-refractivity contribution in [1.82, 2.24) is 0 Å². The molecule has 10 heteroatoms. The molecule has 3 aromatic rings. The van der Waals surface area contributed by atoms with Crippen LogP contribution in [0.5, 0.6) is 17.2 Å². The highest BCUT2D eigenvalue weighted by Crippen LogP contribution is 2.31. The van der Waals surface area contributed by atoms with Crippen molar-refractivity contribution in [3.8, 4) is 17.2 Å². The molecule has 1 aliphatic heterocycles. The van der Waals surface area contributed by atoms with Gasteiger partial charge in [0.15, 0.2) is 17.2 Å². The summed E-state index contributed by atoms with van der Waals surface area (Å²) in [5.41, 5.74) is 0.985. The minimum Gasteiger partial charge on any atom is -0.497 e. The summed E-state index contributed by atoms with van der Waals surface area (Å²) in [4.78, 5) is 39.4. The summed E-state index contributed by atoms with van der Waals surface area (Å²) >= 11 is 0. The van der Waals surface area contributed by atoms with Crippen molar-refractivity contribution in [3.63, 3.8) is 0 Å². The Bertz CT molecular complexity index is 1390. The van der Waals surface area contributed by atoms with Crippen molar-refractivity contribution in [2.75, 3.05) is 14.2 Å². The molecule has 0 aromatic heterocycles. The SMILES string of the molecule is COc1cccc(C2=N/C(=C/c3ccc(OC(=O)c4cccc([N+](=O)[O-])c4)c(OC)c3)C(=O)O2)c1. The molecule has 1 aliphatic rings. The van der Waals surface area contributed by atoms with Gasteiger partial charge in [0.1, 0.15) is 5.75 Å². The number of ether oxygens (including phenoxy) is 4. The highest BCUT2D eigenvalue weighted by molar-refractivity contribution is 6.13. The molecule has 0 radical (unpaired) electrons. The van der Waals surface area contributed by atoms with Gasteiger partial charge in [-0.05, 0) is 48.0 Å². The van der Waals surface area contributed by atoms with E-state index in [0.29, 0.717) is 16.9 Å². The van der Waals surface area contributed by atoms with Crippen LogP contribution in [0.15, 0.2) is 77.4 Å². The van der Waals surface area contributed by atoms with Crippen LogP contribution in [-0.4, -0.2) is 37.0 Å². The Morgan fingerprint density at radius 1 is 1.00 bits per heavy atom. The second-order valence-electron chi connectivity index (χ2n) is 7.18. The molecule has 0 atom stereocenters. The number of methoxy groups -OCH3 is 2. The lowest BCUT2D eigenvalue weighted by Crippen LogP contribution is -2.09. The molecule has 0 bridgehead atoms. The normalized spacial score (nSPS) is 13.7. The molecular formula is C25H18N2O8. The zero-order valence-electron chi connectivity index (χ0n) is 18.6. The number of rotatable bonds is 7. The Morgan fingerprint density at radius 2 is 1.80 bits per heavy atom. The van der Waals surface area contributed by atoms with E-state index in [1.54, 1.807) is 36.4 Å². The molecule has 10 nitrogen and oxygen atoms in total. The number of nitrogens with zero attached hydrogens (tertiary/aromatic N) is 2. The number of cyclic esters (lactones) is 1. The Hall–Kier alpha value is -4.99. The van der Waals surface area contributed by atoms with E-state index in [2.05, 4.69) is 4.99 Å². The first kappa shape index (κ1) is 23.2. The monoisotopic (exact) mass is 474 g/mol. The first-order valence-electron chi connectivity index (χ1n) is 10.2. The average molecular weight is 474 g/mol. The van der Waals surface area contributed by atoms with Crippen molar-refractivity contribution in [2.24, 2.45) is 4.99 Å². The molecular weight excluding hydrogens is 456 g/mol. The van der Waals surface area contributed by atoms with Crippen molar-refractivity contribution >= 4 is 29.6 Å². The van der Waals surface area contributed by atoms with Crippen LogP contribution >= 0.6 is 0 Å². The maximum absolute atomic E-state index is 12.5. The summed E-state index contributed by atoms with van der Waals surface area (Å²) < 4.78 is 21.1. The van der Waals surface area contributed by atoms with Gasteiger partial charge < -0.3 is 18.9 Å². The number of carbonyl (C=O) groups is 2. The number of aliphatic imine (C=N–C) groups is 1. The Balaban J connectivity index is 1.57. The minimum absolute atomic E-state index is 0.0144. The van der Waals surface area contributed by atoms with Gasteiger partial charge in [0, 0.05) is 17.7 Å². The lowest BCUT2D eigenvalue weighted by molar-refractivity contribution is -0.384. The second-order valence-corrected chi connectivity index (χ2v) is 7.18. The van der Waals surface area contributed by atoms with Crippen LogP contribution in [0.4, 0.5) is 5.69 Å². The van der Waals surface area contributed by atoms with Gasteiger partial charge in [0.25, 0.3) is 5.69 Å². The van der Waals surface area contributed by atoms with Gasteiger partial charge >= 0.3 is 11.9 Å². The van der Waals surface area contributed by atoms with E-state index in [9.17, 15) is 19.7 Å². The van der Waals surface area contributed by atoms with E-state index >= 15 is 0 Å². The zero-order valence-corrected chi connectivity index (χ0v) is 18.6.